The number of benzene rings is 2. The van der Waals surface area contributed by atoms with Crippen molar-refractivity contribution in [3.63, 3.8) is 0 Å². The van der Waals surface area contributed by atoms with Gasteiger partial charge in [0.25, 0.3) is 5.69 Å². The normalized spacial score (nSPS) is 10.6. The van der Waals surface area contributed by atoms with Gasteiger partial charge >= 0.3 is 0 Å². The Labute approximate surface area is 146 Å². The summed E-state index contributed by atoms with van der Waals surface area (Å²) in [5.74, 6) is 1.79. The lowest BCUT2D eigenvalue weighted by Crippen LogP contribution is -2.17. The Morgan fingerprint density at radius 2 is 1.44 bits per heavy atom. The van der Waals surface area contributed by atoms with E-state index in [9.17, 15) is 10.1 Å². The Kier molecular flexibility index (Phi) is 6.19. The highest BCUT2D eigenvalue weighted by Gasteiger charge is 2.14. The lowest BCUT2D eigenvalue weighted by atomic mass is 10.1. The van der Waals surface area contributed by atoms with Crippen molar-refractivity contribution in [2.75, 3.05) is 28.4 Å². The summed E-state index contributed by atoms with van der Waals surface area (Å²) >= 11 is 0. The molecule has 0 aliphatic carbocycles. The standard InChI is InChI=1S/C18H22N2O5/c1-19(11-13-5-7-15(8-6-13)20(21)22)12-14-9-16(23-2)18(25-4)17(10-14)24-3/h5-10H,11-12H2,1-4H3. The van der Waals surface area contributed by atoms with Crippen LogP contribution < -0.4 is 14.2 Å². The third-order valence-corrected chi connectivity index (χ3v) is 3.78. The summed E-state index contributed by atoms with van der Waals surface area (Å²) in [6.07, 6.45) is 0. The van der Waals surface area contributed by atoms with Gasteiger partial charge in [0.2, 0.25) is 5.75 Å². The maximum absolute atomic E-state index is 10.7. The summed E-state index contributed by atoms with van der Waals surface area (Å²) in [6.45, 7) is 1.32. The number of hydrogen-bond acceptors (Lipinski definition) is 6. The monoisotopic (exact) mass is 346 g/mol. The minimum Gasteiger partial charge on any atom is -0.493 e. The smallest absolute Gasteiger partial charge is 0.269 e. The van der Waals surface area contributed by atoms with E-state index in [-0.39, 0.29) is 5.69 Å². The minimum absolute atomic E-state index is 0.0935. The molecule has 0 N–H and O–H groups in total. The van der Waals surface area contributed by atoms with Gasteiger partial charge in [0.1, 0.15) is 0 Å². The number of hydrogen-bond donors (Lipinski definition) is 0. The van der Waals surface area contributed by atoms with E-state index in [1.54, 1.807) is 33.5 Å². The summed E-state index contributed by atoms with van der Waals surface area (Å²) in [5.41, 5.74) is 2.11. The molecular formula is C18H22N2O5. The second-order valence-electron chi connectivity index (χ2n) is 5.63. The fourth-order valence-corrected chi connectivity index (χ4v) is 2.63. The summed E-state index contributed by atoms with van der Waals surface area (Å²) in [5, 5.41) is 10.7. The van der Waals surface area contributed by atoms with E-state index in [4.69, 9.17) is 14.2 Å². The third-order valence-electron chi connectivity index (χ3n) is 3.78. The van der Waals surface area contributed by atoms with Gasteiger partial charge in [-0.3, -0.25) is 15.0 Å². The highest BCUT2D eigenvalue weighted by molar-refractivity contribution is 5.53. The average molecular weight is 346 g/mol. The lowest BCUT2D eigenvalue weighted by Gasteiger charge is -2.19. The Balaban J connectivity index is 2.11. The number of non-ortho nitro benzene ring substituents is 1. The van der Waals surface area contributed by atoms with Crippen LogP contribution in [0.2, 0.25) is 0 Å². The first kappa shape index (κ1) is 18.5. The summed E-state index contributed by atoms with van der Waals surface area (Å²) < 4.78 is 16.1. The van der Waals surface area contributed by atoms with E-state index in [1.165, 1.54) is 12.1 Å². The van der Waals surface area contributed by atoms with Gasteiger partial charge in [-0.1, -0.05) is 12.1 Å². The molecule has 0 fully saturated rings. The van der Waals surface area contributed by atoms with Crippen LogP contribution in [-0.2, 0) is 13.1 Å². The van der Waals surface area contributed by atoms with Crippen LogP contribution in [0.25, 0.3) is 0 Å². The molecular weight excluding hydrogens is 324 g/mol. The summed E-state index contributed by atoms with van der Waals surface area (Å²) in [6, 6.07) is 10.4. The van der Waals surface area contributed by atoms with Crippen LogP contribution in [0.15, 0.2) is 36.4 Å². The van der Waals surface area contributed by atoms with Gasteiger partial charge in [-0.25, -0.2) is 0 Å². The maximum Gasteiger partial charge on any atom is 0.269 e. The number of methoxy groups -OCH3 is 3. The molecule has 0 atom stereocenters. The molecule has 2 aromatic carbocycles. The van der Waals surface area contributed by atoms with Crippen molar-refractivity contribution in [1.29, 1.82) is 0 Å². The molecule has 0 spiro atoms. The molecule has 0 aromatic heterocycles. The Bertz CT molecular complexity index is 706. The van der Waals surface area contributed by atoms with Crippen LogP contribution in [0.1, 0.15) is 11.1 Å². The maximum atomic E-state index is 10.7. The van der Waals surface area contributed by atoms with Crippen molar-refractivity contribution in [2.45, 2.75) is 13.1 Å². The van der Waals surface area contributed by atoms with Crippen LogP contribution in [-0.4, -0.2) is 38.2 Å². The first-order valence-electron chi connectivity index (χ1n) is 7.69. The first-order chi connectivity index (χ1) is 12.0. The number of nitro groups is 1. The van der Waals surface area contributed by atoms with Crippen molar-refractivity contribution in [2.24, 2.45) is 0 Å². The fraction of sp³-hybridized carbons (Fsp3) is 0.333. The van der Waals surface area contributed by atoms with E-state index in [2.05, 4.69) is 4.90 Å². The molecule has 0 unspecified atom stereocenters. The van der Waals surface area contributed by atoms with E-state index in [0.29, 0.717) is 30.3 Å². The van der Waals surface area contributed by atoms with Gasteiger partial charge in [-0.05, 0) is 30.3 Å². The minimum atomic E-state index is -0.399. The second-order valence-corrected chi connectivity index (χ2v) is 5.63. The highest BCUT2D eigenvalue weighted by Crippen LogP contribution is 2.38. The molecule has 0 radical (unpaired) electrons. The number of nitro benzene ring substituents is 1. The van der Waals surface area contributed by atoms with E-state index in [1.807, 2.05) is 19.2 Å². The molecule has 0 bridgehead atoms. The second kappa shape index (κ2) is 8.34. The summed E-state index contributed by atoms with van der Waals surface area (Å²) in [7, 11) is 6.72. The molecule has 0 aliphatic rings. The first-order valence-corrected chi connectivity index (χ1v) is 7.69. The SMILES string of the molecule is COc1cc(CN(C)Cc2ccc([N+](=O)[O-])cc2)cc(OC)c1OC. The van der Waals surface area contributed by atoms with Gasteiger partial charge < -0.3 is 14.2 Å². The molecule has 2 aromatic rings. The zero-order valence-corrected chi connectivity index (χ0v) is 14.8. The largest absolute Gasteiger partial charge is 0.493 e. The molecule has 0 saturated carbocycles. The molecule has 25 heavy (non-hydrogen) atoms. The van der Waals surface area contributed by atoms with Crippen LogP contribution in [0.4, 0.5) is 5.69 Å². The predicted octanol–water partition coefficient (Wildman–Crippen LogP) is 3.25. The van der Waals surface area contributed by atoms with E-state index in [0.717, 1.165) is 11.1 Å². The van der Waals surface area contributed by atoms with Crippen molar-refractivity contribution in [3.05, 3.63) is 57.6 Å². The van der Waals surface area contributed by atoms with Crippen molar-refractivity contribution < 1.29 is 19.1 Å². The molecule has 2 rings (SSSR count). The Hall–Kier alpha value is -2.80. The van der Waals surface area contributed by atoms with Crippen LogP contribution in [0.3, 0.4) is 0 Å². The van der Waals surface area contributed by atoms with E-state index >= 15 is 0 Å². The van der Waals surface area contributed by atoms with Crippen molar-refractivity contribution in [1.82, 2.24) is 4.90 Å². The number of ether oxygens (including phenoxy) is 3. The van der Waals surface area contributed by atoms with E-state index < -0.39 is 4.92 Å². The molecule has 0 heterocycles. The molecule has 7 nitrogen and oxygen atoms in total. The molecule has 0 saturated heterocycles. The topological polar surface area (TPSA) is 74.1 Å². The number of rotatable bonds is 8. The molecule has 0 amide bonds. The van der Waals surface area contributed by atoms with Crippen LogP contribution in [0, 0.1) is 10.1 Å². The summed E-state index contributed by atoms with van der Waals surface area (Å²) in [4.78, 5) is 12.4. The zero-order chi connectivity index (χ0) is 18.4. The van der Waals surface area contributed by atoms with Gasteiger partial charge in [0.05, 0.1) is 26.3 Å². The molecule has 7 heteroatoms. The van der Waals surface area contributed by atoms with Crippen molar-refractivity contribution >= 4 is 5.69 Å². The van der Waals surface area contributed by atoms with Crippen molar-refractivity contribution in [3.8, 4) is 17.2 Å². The molecule has 134 valence electrons. The zero-order valence-electron chi connectivity index (χ0n) is 14.8. The van der Waals surface area contributed by atoms with Gasteiger partial charge in [0, 0.05) is 25.2 Å². The molecule has 0 aliphatic heterocycles. The third kappa shape index (κ3) is 4.60. The number of nitrogens with zero attached hydrogens (tertiary/aromatic N) is 2. The van der Waals surface area contributed by atoms with Crippen LogP contribution >= 0.6 is 0 Å². The highest BCUT2D eigenvalue weighted by atomic mass is 16.6. The average Bonchev–Trinajstić information content (AvgIpc) is 2.61. The van der Waals surface area contributed by atoms with Gasteiger partial charge in [-0.15, -0.1) is 0 Å². The predicted molar refractivity (Wildman–Crippen MR) is 94.4 cm³/mol. The quantitative estimate of drug-likeness (QED) is 0.539. The van der Waals surface area contributed by atoms with Crippen LogP contribution in [0.5, 0.6) is 17.2 Å². The lowest BCUT2D eigenvalue weighted by molar-refractivity contribution is -0.384. The fourth-order valence-electron chi connectivity index (χ4n) is 2.63. The van der Waals surface area contributed by atoms with Gasteiger partial charge in [0.15, 0.2) is 11.5 Å². The van der Waals surface area contributed by atoms with Gasteiger partial charge in [-0.2, -0.15) is 0 Å². The Morgan fingerprint density at radius 1 is 0.920 bits per heavy atom. The Morgan fingerprint density at radius 3 is 1.88 bits per heavy atom.